The first-order valence-corrected chi connectivity index (χ1v) is 14.0. The number of halogens is 3. The molecule has 2 heterocycles. The molecule has 1 atom stereocenters. The summed E-state index contributed by atoms with van der Waals surface area (Å²) in [4.78, 5) is 16.3. The summed E-state index contributed by atoms with van der Waals surface area (Å²) in [6.45, 7) is 6.50. The molecule has 1 saturated heterocycles. The third-order valence-electron chi connectivity index (χ3n) is 5.84. The fourth-order valence-corrected chi connectivity index (χ4v) is 5.89. The molecule has 12 heteroatoms. The molecule has 1 aliphatic rings. The van der Waals surface area contributed by atoms with Crippen LogP contribution < -0.4 is 9.46 Å². The van der Waals surface area contributed by atoms with Crippen molar-refractivity contribution in [3.8, 4) is 5.75 Å². The first-order chi connectivity index (χ1) is 17.4. The van der Waals surface area contributed by atoms with Crippen molar-refractivity contribution in [3.05, 3.63) is 52.4 Å². The van der Waals surface area contributed by atoms with Crippen molar-refractivity contribution >= 4 is 55.9 Å². The smallest absolute Gasteiger partial charge is 0.410 e. The first kappa shape index (κ1) is 27.3. The molecule has 2 N–H and O–H groups in total. The van der Waals surface area contributed by atoms with E-state index in [9.17, 15) is 13.2 Å². The monoisotopic (exact) mass is 571 g/mol. The summed E-state index contributed by atoms with van der Waals surface area (Å²) < 4.78 is 55.1. The van der Waals surface area contributed by atoms with Crippen molar-refractivity contribution in [2.45, 2.75) is 44.1 Å². The van der Waals surface area contributed by atoms with E-state index in [4.69, 9.17) is 32.7 Å². The number of nitrogens with zero attached hydrogens (tertiary/aromatic N) is 1. The van der Waals surface area contributed by atoms with Gasteiger partial charge in [-0.05, 0) is 57.9 Å². The molecule has 8 nitrogen and oxygen atoms in total. The minimum atomic E-state index is -4.32. The molecule has 0 aliphatic carbocycles. The van der Waals surface area contributed by atoms with Crippen LogP contribution in [0.1, 0.15) is 33.6 Å². The Hall–Kier alpha value is -2.69. The molecule has 1 aromatic heterocycles. The molecule has 1 amide bonds. The van der Waals surface area contributed by atoms with Gasteiger partial charge in [0.25, 0.3) is 10.0 Å². The number of sulfonamides is 1. The second-order valence-corrected chi connectivity index (χ2v) is 12.4. The van der Waals surface area contributed by atoms with Gasteiger partial charge in [-0.25, -0.2) is 17.6 Å². The maximum absolute atomic E-state index is 15.3. The number of benzene rings is 2. The number of amides is 1. The van der Waals surface area contributed by atoms with Crippen LogP contribution in [0.3, 0.4) is 0 Å². The zero-order valence-corrected chi connectivity index (χ0v) is 22.9. The highest BCUT2D eigenvalue weighted by atomic mass is 35.5. The molecule has 1 aliphatic heterocycles. The van der Waals surface area contributed by atoms with E-state index in [-0.39, 0.29) is 24.0 Å². The summed E-state index contributed by atoms with van der Waals surface area (Å²) in [5.41, 5.74) is -0.0589. The highest BCUT2D eigenvalue weighted by molar-refractivity contribution is 7.92. The number of carbonyl (C=O) groups excluding carboxylic acids is 1. The number of ether oxygens (including phenoxy) is 2. The average molecular weight is 572 g/mol. The summed E-state index contributed by atoms with van der Waals surface area (Å²) >= 11 is 12.3. The summed E-state index contributed by atoms with van der Waals surface area (Å²) in [5.74, 6) is -1.26. The van der Waals surface area contributed by atoms with Gasteiger partial charge in [-0.3, -0.25) is 4.72 Å². The molecule has 0 spiro atoms. The van der Waals surface area contributed by atoms with Crippen LogP contribution in [0.2, 0.25) is 10.0 Å². The highest BCUT2D eigenvalue weighted by Crippen LogP contribution is 2.36. The van der Waals surface area contributed by atoms with Crippen molar-refractivity contribution in [2.75, 3.05) is 24.4 Å². The van der Waals surface area contributed by atoms with E-state index in [0.29, 0.717) is 34.0 Å². The normalized spacial score (nSPS) is 16.6. The number of hydrogen-bond donors (Lipinski definition) is 2. The predicted molar refractivity (Wildman–Crippen MR) is 142 cm³/mol. The van der Waals surface area contributed by atoms with Crippen molar-refractivity contribution < 1.29 is 27.1 Å². The second-order valence-electron chi connectivity index (χ2n) is 9.90. The van der Waals surface area contributed by atoms with Crippen molar-refractivity contribution in [1.29, 1.82) is 0 Å². The fraction of sp³-hybridized carbons (Fsp3) is 0.400. The molecule has 1 fully saturated rings. The molecule has 0 radical (unpaired) electrons. The molecule has 0 saturated carbocycles. The molecule has 3 aromatic rings. The Morgan fingerprint density at radius 2 is 1.97 bits per heavy atom. The Morgan fingerprint density at radius 1 is 1.22 bits per heavy atom. The third kappa shape index (κ3) is 6.25. The number of aromatic nitrogens is 1. The van der Waals surface area contributed by atoms with E-state index in [1.807, 2.05) is 0 Å². The Kier molecular flexibility index (Phi) is 7.83. The number of rotatable bonds is 6. The largest absolute Gasteiger partial charge is 0.490 e. The van der Waals surface area contributed by atoms with Crippen LogP contribution in [0.4, 0.5) is 14.9 Å². The van der Waals surface area contributed by atoms with Crippen LogP contribution >= 0.6 is 23.2 Å². The summed E-state index contributed by atoms with van der Waals surface area (Å²) in [6, 6.07) is 6.90. The number of likely N-dealkylation sites (tertiary alicyclic amines) is 1. The number of hydrogen-bond acceptors (Lipinski definition) is 5. The molecular formula is C25H28Cl2FN3O5S. The first-order valence-electron chi connectivity index (χ1n) is 11.7. The van der Waals surface area contributed by atoms with Crippen LogP contribution in [-0.2, 0) is 14.8 Å². The lowest BCUT2D eigenvalue weighted by molar-refractivity contribution is 0.0138. The van der Waals surface area contributed by atoms with Gasteiger partial charge in [0, 0.05) is 30.6 Å². The van der Waals surface area contributed by atoms with Gasteiger partial charge >= 0.3 is 6.09 Å². The Morgan fingerprint density at radius 3 is 2.70 bits per heavy atom. The molecule has 37 heavy (non-hydrogen) atoms. The van der Waals surface area contributed by atoms with Crippen molar-refractivity contribution in [3.63, 3.8) is 0 Å². The van der Waals surface area contributed by atoms with E-state index >= 15 is 4.39 Å². The number of aromatic amines is 1. The van der Waals surface area contributed by atoms with Crippen molar-refractivity contribution in [1.82, 2.24) is 9.88 Å². The van der Waals surface area contributed by atoms with Crippen molar-refractivity contribution in [2.24, 2.45) is 5.92 Å². The van der Waals surface area contributed by atoms with Crippen LogP contribution in [0.5, 0.6) is 5.75 Å². The van der Waals surface area contributed by atoms with E-state index in [1.54, 1.807) is 25.7 Å². The zero-order chi connectivity index (χ0) is 27.0. The van der Waals surface area contributed by atoms with Gasteiger partial charge in [0.05, 0.1) is 27.9 Å². The van der Waals surface area contributed by atoms with E-state index in [2.05, 4.69) is 9.71 Å². The second kappa shape index (κ2) is 10.6. The Balaban J connectivity index is 1.47. The number of fused-ring (bicyclic) bond motifs is 1. The van der Waals surface area contributed by atoms with Crippen LogP contribution in [0, 0.1) is 11.7 Å². The molecular weight excluding hydrogens is 544 g/mol. The molecule has 0 unspecified atom stereocenters. The predicted octanol–water partition coefficient (Wildman–Crippen LogP) is 6.44. The van der Waals surface area contributed by atoms with Crippen LogP contribution in [0.15, 0.2) is 41.4 Å². The number of anilines is 1. The maximum atomic E-state index is 15.3. The van der Waals surface area contributed by atoms with E-state index in [0.717, 1.165) is 18.9 Å². The van der Waals surface area contributed by atoms with E-state index in [1.165, 1.54) is 30.5 Å². The average Bonchev–Trinajstić information content (AvgIpc) is 3.22. The van der Waals surface area contributed by atoms with Gasteiger partial charge in [0.1, 0.15) is 10.5 Å². The SMILES string of the molecule is CC(C)(C)OC(=O)N1CCC[C@@H](COc2cccc(S(=O)(=O)Nc3ccc(Cl)c4c(Cl)c[nH]c34)c2F)C1. The number of H-pyrrole nitrogens is 1. The van der Waals surface area contributed by atoms with Crippen LogP contribution in [0.25, 0.3) is 10.9 Å². The Labute approximate surface area is 225 Å². The van der Waals surface area contributed by atoms with E-state index < -0.39 is 32.4 Å². The lowest BCUT2D eigenvalue weighted by atomic mass is 9.99. The van der Waals surface area contributed by atoms with Gasteiger partial charge in [-0.2, -0.15) is 0 Å². The lowest BCUT2D eigenvalue weighted by Crippen LogP contribution is -2.44. The number of piperidine rings is 1. The van der Waals surface area contributed by atoms with Gasteiger partial charge in [0.2, 0.25) is 0 Å². The summed E-state index contributed by atoms with van der Waals surface area (Å²) in [7, 11) is -4.32. The molecule has 200 valence electrons. The molecule has 4 rings (SSSR count). The van der Waals surface area contributed by atoms with Gasteiger partial charge in [0.15, 0.2) is 11.6 Å². The van der Waals surface area contributed by atoms with Gasteiger partial charge in [-0.1, -0.05) is 29.3 Å². The summed E-state index contributed by atoms with van der Waals surface area (Å²) in [5, 5.41) is 1.13. The standard InChI is InChI=1S/C25H28Cl2FN3O5S/c1-25(2,3)36-24(32)31-11-5-6-15(13-31)14-35-19-7-4-8-20(22(19)28)37(33,34)30-18-10-9-16(26)21-17(27)12-29-23(18)21/h4,7-10,12,15,29-30H,5-6,11,13-14H2,1-3H3/t15-/m1/s1. The lowest BCUT2D eigenvalue weighted by Gasteiger charge is -2.34. The zero-order valence-electron chi connectivity index (χ0n) is 20.6. The topological polar surface area (TPSA) is 101 Å². The highest BCUT2D eigenvalue weighted by Gasteiger charge is 2.29. The maximum Gasteiger partial charge on any atom is 0.410 e. The third-order valence-corrected chi connectivity index (χ3v) is 7.84. The van der Waals surface area contributed by atoms with Gasteiger partial charge < -0.3 is 19.4 Å². The number of carbonyl (C=O) groups is 1. The minimum absolute atomic E-state index is 0.0564. The quantitative estimate of drug-likeness (QED) is 0.354. The fourth-order valence-electron chi connectivity index (χ4n) is 4.16. The summed E-state index contributed by atoms with van der Waals surface area (Å²) in [6.07, 6.45) is 2.63. The molecule has 0 bridgehead atoms. The molecule has 2 aromatic carbocycles. The minimum Gasteiger partial charge on any atom is -0.490 e. The Bertz CT molecular complexity index is 1420. The number of nitrogens with one attached hydrogen (secondary N) is 2. The van der Waals surface area contributed by atoms with Gasteiger partial charge in [-0.15, -0.1) is 0 Å². The van der Waals surface area contributed by atoms with Crippen LogP contribution in [-0.4, -0.2) is 49.7 Å².